The van der Waals surface area contributed by atoms with E-state index in [0.29, 0.717) is 11.3 Å². The molecular formula is C17H15FN4O3S. The monoisotopic (exact) mass is 374 g/mol. The van der Waals surface area contributed by atoms with Crippen molar-refractivity contribution >= 4 is 15.9 Å². The van der Waals surface area contributed by atoms with Crippen LogP contribution in [0.25, 0.3) is 5.69 Å². The number of aromatic nitrogens is 2. The van der Waals surface area contributed by atoms with Gasteiger partial charge in [0, 0.05) is 12.2 Å². The van der Waals surface area contributed by atoms with Crippen molar-refractivity contribution in [3.63, 3.8) is 0 Å². The van der Waals surface area contributed by atoms with Crippen molar-refractivity contribution in [3.05, 3.63) is 78.1 Å². The number of rotatable bonds is 5. The molecule has 0 fully saturated rings. The molecule has 9 heteroatoms. The number of amides is 1. The molecule has 1 heterocycles. The third-order valence-electron chi connectivity index (χ3n) is 3.68. The second-order valence-electron chi connectivity index (χ2n) is 5.50. The molecular weight excluding hydrogens is 359 g/mol. The highest BCUT2D eigenvalue weighted by molar-refractivity contribution is 7.89. The molecule has 26 heavy (non-hydrogen) atoms. The Balaban J connectivity index is 1.71. The Morgan fingerprint density at radius 2 is 1.77 bits per heavy atom. The predicted octanol–water partition coefficient (Wildman–Crippen LogP) is 1.59. The van der Waals surface area contributed by atoms with Crippen molar-refractivity contribution in [2.24, 2.45) is 5.14 Å². The van der Waals surface area contributed by atoms with Crippen molar-refractivity contribution in [1.29, 1.82) is 0 Å². The molecule has 1 amide bonds. The van der Waals surface area contributed by atoms with E-state index in [4.69, 9.17) is 5.14 Å². The molecule has 0 spiro atoms. The number of carbonyl (C=O) groups excluding carboxylic acids is 1. The topological polar surface area (TPSA) is 107 Å². The SMILES string of the molecule is NS(=O)(=O)c1ccc(CNC(=O)c2cncn2-c2ccc(F)cc2)cc1. The van der Waals surface area contributed by atoms with Crippen LogP contribution in [0, 0.1) is 5.82 Å². The van der Waals surface area contributed by atoms with Crippen LogP contribution in [0.3, 0.4) is 0 Å². The number of imidazole rings is 1. The van der Waals surface area contributed by atoms with Crippen LogP contribution in [0.1, 0.15) is 16.1 Å². The fraction of sp³-hybridized carbons (Fsp3) is 0.0588. The van der Waals surface area contributed by atoms with E-state index in [-0.39, 0.29) is 28.9 Å². The molecule has 3 aromatic rings. The minimum Gasteiger partial charge on any atom is -0.347 e. The lowest BCUT2D eigenvalue weighted by atomic mass is 10.2. The van der Waals surface area contributed by atoms with Gasteiger partial charge in [-0.15, -0.1) is 0 Å². The molecule has 134 valence electrons. The quantitative estimate of drug-likeness (QED) is 0.707. The van der Waals surface area contributed by atoms with Gasteiger partial charge in [-0.3, -0.25) is 9.36 Å². The Bertz CT molecular complexity index is 1030. The summed E-state index contributed by atoms with van der Waals surface area (Å²) in [7, 11) is -3.75. The van der Waals surface area contributed by atoms with E-state index in [1.165, 1.54) is 36.8 Å². The Labute approximate surface area is 149 Å². The fourth-order valence-electron chi connectivity index (χ4n) is 2.34. The highest BCUT2D eigenvalue weighted by Crippen LogP contribution is 2.13. The molecule has 0 radical (unpaired) electrons. The average molecular weight is 374 g/mol. The standard InChI is InChI=1S/C17H15FN4O3S/c18-13-3-5-14(6-4-13)22-11-20-10-16(22)17(23)21-9-12-1-7-15(8-2-12)26(19,24)25/h1-8,10-11H,9H2,(H,21,23)(H2,19,24,25). The van der Waals surface area contributed by atoms with Crippen LogP contribution in [0.5, 0.6) is 0 Å². The van der Waals surface area contributed by atoms with Gasteiger partial charge >= 0.3 is 0 Å². The zero-order valence-electron chi connectivity index (χ0n) is 13.5. The van der Waals surface area contributed by atoms with E-state index in [0.717, 1.165) is 0 Å². The van der Waals surface area contributed by atoms with Crippen LogP contribution >= 0.6 is 0 Å². The summed E-state index contributed by atoms with van der Waals surface area (Å²) in [4.78, 5) is 16.4. The number of nitrogens with zero attached hydrogens (tertiary/aromatic N) is 2. The van der Waals surface area contributed by atoms with E-state index in [2.05, 4.69) is 10.3 Å². The van der Waals surface area contributed by atoms with Gasteiger partial charge in [0.05, 0.1) is 17.4 Å². The first-order valence-electron chi connectivity index (χ1n) is 7.53. The van der Waals surface area contributed by atoms with E-state index < -0.39 is 10.0 Å². The average Bonchev–Trinajstić information content (AvgIpc) is 3.10. The summed E-state index contributed by atoms with van der Waals surface area (Å²) < 4.78 is 37.1. The Kier molecular flexibility index (Phi) is 4.83. The van der Waals surface area contributed by atoms with Crippen molar-refractivity contribution in [2.45, 2.75) is 11.4 Å². The molecule has 0 saturated carbocycles. The number of primary sulfonamides is 1. The van der Waals surface area contributed by atoms with Gasteiger partial charge in [0.25, 0.3) is 5.91 Å². The number of nitrogens with one attached hydrogen (secondary N) is 1. The van der Waals surface area contributed by atoms with Gasteiger partial charge in [-0.1, -0.05) is 12.1 Å². The van der Waals surface area contributed by atoms with Crippen LogP contribution in [-0.4, -0.2) is 23.9 Å². The summed E-state index contributed by atoms with van der Waals surface area (Å²) in [6.07, 6.45) is 2.87. The minimum atomic E-state index is -3.75. The molecule has 7 nitrogen and oxygen atoms in total. The van der Waals surface area contributed by atoms with Gasteiger partial charge in [-0.25, -0.2) is 22.9 Å². The van der Waals surface area contributed by atoms with Crippen LogP contribution < -0.4 is 10.5 Å². The molecule has 0 atom stereocenters. The Morgan fingerprint density at radius 1 is 1.12 bits per heavy atom. The maximum absolute atomic E-state index is 13.0. The van der Waals surface area contributed by atoms with Gasteiger partial charge < -0.3 is 5.32 Å². The van der Waals surface area contributed by atoms with Crippen molar-refractivity contribution in [3.8, 4) is 5.69 Å². The molecule has 0 saturated heterocycles. The predicted molar refractivity (Wildman–Crippen MR) is 92.5 cm³/mol. The maximum atomic E-state index is 13.0. The summed E-state index contributed by atoms with van der Waals surface area (Å²) in [6, 6.07) is 11.6. The molecule has 2 aromatic carbocycles. The number of halogens is 1. The molecule has 0 aliphatic heterocycles. The molecule has 0 aliphatic carbocycles. The zero-order chi connectivity index (χ0) is 18.7. The first kappa shape index (κ1) is 17.8. The van der Waals surface area contributed by atoms with E-state index in [9.17, 15) is 17.6 Å². The molecule has 0 unspecified atom stereocenters. The second kappa shape index (κ2) is 7.06. The normalized spacial score (nSPS) is 11.3. The van der Waals surface area contributed by atoms with Crippen LogP contribution in [0.4, 0.5) is 4.39 Å². The molecule has 3 N–H and O–H groups in total. The Morgan fingerprint density at radius 3 is 2.38 bits per heavy atom. The van der Waals surface area contributed by atoms with Gasteiger partial charge in [0.1, 0.15) is 11.5 Å². The lowest BCUT2D eigenvalue weighted by Gasteiger charge is -2.09. The number of hydrogen-bond donors (Lipinski definition) is 2. The summed E-state index contributed by atoms with van der Waals surface area (Å²) in [5.74, 6) is -0.745. The molecule has 0 bridgehead atoms. The van der Waals surface area contributed by atoms with E-state index >= 15 is 0 Å². The lowest BCUT2D eigenvalue weighted by molar-refractivity contribution is 0.0944. The second-order valence-corrected chi connectivity index (χ2v) is 7.06. The van der Waals surface area contributed by atoms with Crippen LogP contribution in [0.15, 0.2) is 66.0 Å². The van der Waals surface area contributed by atoms with Crippen LogP contribution in [0.2, 0.25) is 0 Å². The minimum absolute atomic E-state index is 0.00182. The number of sulfonamides is 1. The van der Waals surface area contributed by atoms with Gasteiger partial charge in [-0.05, 0) is 42.0 Å². The molecule has 3 rings (SSSR count). The van der Waals surface area contributed by atoms with Crippen molar-refractivity contribution in [1.82, 2.24) is 14.9 Å². The summed E-state index contributed by atoms with van der Waals surface area (Å²) in [6.45, 7) is 0.193. The molecule has 1 aromatic heterocycles. The third-order valence-corrected chi connectivity index (χ3v) is 4.61. The van der Waals surface area contributed by atoms with Crippen LogP contribution in [-0.2, 0) is 16.6 Å². The van der Waals surface area contributed by atoms with E-state index in [1.54, 1.807) is 28.8 Å². The number of benzene rings is 2. The lowest BCUT2D eigenvalue weighted by Crippen LogP contribution is -2.25. The molecule has 0 aliphatic rings. The Hall–Kier alpha value is -3.04. The first-order valence-corrected chi connectivity index (χ1v) is 9.07. The summed E-state index contributed by atoms with van der Waals surface area (Å²) in [5.41, 5.74) is 1.60. The highest BCUT2D eigenvalue weighted by atomic mass is 32.2. The van der Waals surface area contributed by atoms with E-state index in [1.807, 2.05) is 0 Å². The first-order chi connectivity index (χ1) is 12.3. The fourth-order valence-corrected chi connectivity index (χ4v) is 2.86. The largest absolute Gasteiger partial charge is 0.347 e. The smallest absolute Gasteiger partial charge is 0.270 e. The van der Waals surface area contributed by atoms with Crippen molar-refractivity contribution in [2.75, 3.05) is 0 Å². The summed E-state index contributed by atoms with van der Waals surface area (Å²) in [5, 5.41) is 7.77. The van der Waals surface area contributed by atoms with Crippen molar-refractivity contribution < 1.29 is 17.6 Å². The summed E-state index contributed by atoms with van der Waals surface area (Å²) >= 11 is 0. The highest BCUT2D eigenvalue weighted by Gasteiger charge is 2.13. The number of carbonyl (C=O) groups is 1. The maximum Gasteiger partial charge on any atom is 0.270 e. The zero-order valence-corrected chi connectivity index (χ0v) is 14.3. The van der Waals surface area contributed by atoms with Gasteiger partial charge in [0.15, 0.2) is 0 Å². The van der Waals surface area contributed by atoms with Gasteiger partial charge in [-0.2, -0.15) is 0 Å². The number of hydrogen-bond acceptors (Lipinski definition) is 4. The van der Waals surface area contributed by atoms with Gasteiger partial charge in [0.2, 0.25) is 10.0 Å². The third kappa shape index (κ3) is 3.95. The number of nitrogens with two attached hydrogens (primary N) is 1.